The molecule has 2 rings (SSSR count). The number of nitrogens with one attached hydrogen (secondary N) is 1. The van der Waals surface area contributed by atoms with Crippen molar-refractivity contribution in [3.8, 4) is 0 Å². The van der Waals surface area contributed by atoms with Gasteiger partial charge in [-0.3, -0.25) is 4.79 Å². The van der Waals surface area contributed by atoms with Gasteiger partial charge in [0.15, 0.2) is 0 Å². The summed E-state index contributed by atoms with van der Waals surface area (Å²) in [5.74, 6) is -0.994. The van der Waals surface area contributed by atoms with E-state index in [4.69, 9.17) is 17.3 Å². The van der Waals surface area contributed by atoms with Crippen LogP contribution in [0.3, 0.4) is 0 Å². The number of anilines is 2. The molecule has 0 aliphatic heterocycles. The van der Waals surface area contributed by atoms with Crippen LogP contribution in [0.15, 0.2) is 34.8 Å². The van der Waals surface area contributed by atoms with Gasteiger partial charge in [0.25, 0.3) is 5.91 Å². The van der Waals surface area contributed by atoms with Gasteiger partial charge in [-0.25, -0.2) is 4.39 Å². The van der Waals surface area contributed by atoms with Crippen LogP contribution in [-0.4, -0.2) is 5.91 Å². The van der Waals surface area contributed by atoms with Gasteiger partial charge >= 0.3 is 0 Å². The fraction of sp³-hybridized carbons (Fsp3) is 0.0714. The minimum absolute atomic E-state index is 0.140. The van der Waals surface area contributed by atoms with E-state index in [1.165, 1.54) is 6.07 Å². The van der Waals surface area contributed by atoms with Crippen LogP contribution in [0.25, 0.3) is 0 Å². The van der Waals surface area contributed by atoms with Gasteiger partial charge in [0.1, 0.15) is 5.82 Å². The highest BCUT2D eigenvalue weighted by Gasteiger charge is 2.13. The highest BCUT2D eigenvalue weighted by Crippen LogP contribution is 2.26. The van der Waals surface area contributed by atoms with Crippen molar-refractivity contribution in [2.24, 2.45) is 0 Å². The van der Waals surface area contributed by atoms with Gasteiger partial charge in [-0.2, -0.15) is 0 Å². The second-order valence-electron chi connectivity index (χ2n) is 4.25. The normalized spacial score (nSPS) is 10.4. The molecule has 0 atom stereocenters. The number of benzene rings is 2. The zero-order valence-corrected chi connectivity index (χ0v) is 12.8. The van der Waals surface area contributed by atoms with Gasteiger partial charge in [-0.05, 0) is 37.3 Å². The Labute approximate surface area is 129 Å². The summed E-state index contributed by atoms with van der Waals surface area (Å²) in [6, 6.07) is 7.63. The van der Waals surface area contributed by atoms with Crippen molar-refractivity contribution < 1.29 is 9.18 Å². The molecule has 104 valence electrons. The molecule has 0 fully saturated rings. The molecular formula is C14H11BrClFN2O. The molecule has 20 heavy (non-hydrogen) atoms. The molecule has 0 radical (unpaired) electrons. The van der Waals surface area contributed by atoms with E-state index >= 15 is 0 Å². The maximum absolute atomic E-state index is 13.6. The Morgan fingerprint density at radius 1 is 1.35 bits per heavy atom. The predicted molar refractivity (Wildman–Crippen MR) is 82.7 cm³/mol. The van der Waals surface area contributed by atoms with Crippen LogP contribution in [0.5, 0.6) is 0 Å². The van der Waals surface area contributed by atoms with E-state index in [1.807, 2.05) is 0 Å². The predicted octanol–water partition coefficient (Wildman–Crippen LogP) is 4.38. The van der Waals surface area contributed by atoms with Crippen LogP contribution in [0.4, 0.5) is 15.8 Å². The van der Waals surface area contributed by atoms with Crippen molar-refractivity contribution in [1.29, 1.82) is 0 Å². The number of hydrogen-bond acceptors (Lipinski definition) is 2. The summed E-state index contributed by atoms with van der Waals surface area (Å²) in [5.41, 5.74) is 6.78. The number of carbonyl (C=O) groups excluding carboxylic acids is 1. The molecule has 3 nitrogen and oxygen atoms in total. The highest BCUT2D eigenvalue weighted by atomic mass is 79.9. The number of amides is 1. The summed E-state index contributed by atoms with van der Waals surface area (Å²) in [6.07, 6.45) is 0. The number of halogens is 3. The molecule has 0 aliphatic carbocycles. The van der Waals surface area contributed by atoms with Crippen molar-refractivity contribution in [2.45, 2.75) is 6.92 Å². The first-order valence-electron chi connectivity index (χ1n) is 5.70. The van der Waals surface area contributed by atoms with Crippen molar-refractivity contribution >= 4 is 44.8 Å². The third-order valence-electron chi connectivity index (χ3n) is 2.82. The van der Waals surface area contributed by atoms with E-state index in [1.54, 1.807) is 25.1 Å². The van der Waals surface area contributed by atoms with Crippen molar-refractivity contribution in [1.82, 2.24) is 0 Å². The van der Waals surface area contributed by atoms with Gasteiger partial charge in [0, 0.05) is 21.3 Å². The molecule has 3 N–H and O–H groups in total. The minimum Gasteiger partial charge on any atom is -0.398 e. The monoisotopic (exact) mass is 356 g/mol. The fourth-order valence-corrected chi connectivity index (χ4v) is 2.14. The minimum atomic E-state index is -0.518. The van der Waals surface area contributed by atoms with Crippen LogP contribution >= 0.6 is 27.5 Å². The molecule has 0 aromatic heterocycles. The largest absolute Gasteiger partial charge is 0.398 e. The Morgan fingerprint density at radius 3 is 2.70 bits per heavy atom. The first kappa shape index (κ1) is 14.8. The molecule has 0 unspecified atom stereocenters. The maximum Gasteiger partial charge on any atom is 0.255 e. The van der Waals surface area contributed by atoms with E-state index in [0.29, 0.717) is 16.3 Å². The molecule has 2 aromatic carbocycles. The highest BCUT2D eigenvalue weighted by molar-refractivity contribution is 9.10. The molecule has 1 amide bonds. The summed E-state index contributed by atoms with van der Waals surface area (Å²) in [5, 5.41) is 3.01. The lowest BCUT2D eigenvalue weighted by Gasteiger charge is -2.09. The van der Waals surface area contributed by atoms with E-state index in [-0.39, 0.29) is 11.3 Å². The standard InChI is InChI=1S/C14H11BrClFN2O/c1-7-11(17)4-8(5-12(7)18)14(20)19-13-6-9(15)2-3-10(13)16/h2-6H,18H2,1H3,(H,19,20). The molecule has 0 heterocycles. The van der Waals surface area contributed by atoms with Crippen LogP contribution in [0.1, 0.15) is 15.9 Å². The van der Waals surface area contributed by atoms with Gasteiger partial charge in [-0.15, -0.1) is 0 Å². The number of carbonyl (C=O) groups is 1. The van der Waals surface area contributed by atoms with E-state index in [2.05, 4.69) is 21.2 Å². The number of nitrogens with two attached hydrogens (primary N) is 1. The van der Waals surface area contributed by atoms with Crippen molar-refractivity contribution in [2.75, 3.05) is 11.1 Å². The maximum atomic E-state index is 13.6. The number of rotatable bonds is 2. The zero-order chi connectivity index (χ0) is 14.9. The first-order chi connectivity index (χ1) is 9.38. The Morgan fingerprint density at radius 2 is 2.05 bits per heavy atom. The molecular weight excluding hydrogens is 347 g/mol. The zero-order valence-electron chi connectivity index (χ0n) is 10.5. The second-order valence-corrected chi connectivity index (χ2v) is 5.57. The fourth-order valence-electron chi connectivity index (χ4n) is 1.62. The van der Waals surface area contributed by atoms with Crippen molar-refractivity contribution in [3.63, 3.8) is 0 Å². The van der Waals surface area contributed by atoms with Crippen LogP contribution in [-0.2, 0) is 0 Å². The van der Waals surface area contributed by atoms with Gasteiger partial charge in [0.05, 0.1) is 10.7 Å². The van der Waals surface area contributed by atoms with Crippen LogP contribution < -0.4 is 11.1 Å². The first-order valence-corrected chi connectivity index (χ1v) is 6.87. The smallest absolute Gasteiger partial charge is 0.255 e. The average molecular weight is 358 g/mol. The average Bonchev–Trinajstić information content (AvgIpc) is 2.39. The molecule has 0 bridgehead atoms. The lowest BCUT2D eigenvalue weighted by molar-refractivity contribution is 0.102. The second kappa shape index (κ2) is 5.81. The molecule has 0 aliphatic rings. The van der Waals surface area contributed by atoms with Gasteiger partial charge in [-0.1, -0.05) is 27.5 Å². The third kappa shape index (κ3) is 3.11. The topological polar surface area (TPSA) is 55.1 Å². The Balaban J connectivity index is 2.31. The lowest BCUT2D eigenvalue weighted by atomic mass is 10.1. The molecule has 6 heteroatoms. The molecule has 0 saturated heterocycles. The van der Waals surface area contributed by atoms with E-state index < -0.39 is 11.7 Å². The SMILES string of the molecule is Cc1c(N)cc(C(=O)Nc2cc(Br)ccc2Cl)cc1F. The summed E-state index contributed by atoms with van der Waals surface area (Å²) in [6.45, 7) is 1.55. The Kier molecular flexibility index (Phi) is 4.30. The Hall–Kier alpha value is -1.59. The van der Waals surface area contributed by atoms with E-state index in [0.717, 1.165) is 10.5 Å². The summed E-state index contributed by atoms with van der Waals surface area (Å²) < 4.78 is 14.4. The van der Waals surface area contributed by atoms with Crippen LogP contribution in [0, 0.1) is 12.7 Å². The summed E-state index contributed by atoms with van der Waals surface area (Å²) in [4.78, 5) is 12.1. The molecule has 2 aromatic rings. The quantitative estimate of drug-likeness (QED) is 0.783. The van der Waals surface area contributed by atoms with Crippen LogP contribution in [0.2, 0.25) is 5.02 Å². The lowest BCUT2D eigenvalue weighted by Crippen LogP contribution is -2.13. The molecule has 0 saturated carbocycles. The third-order valence-corrected chi connectivity index (χ3v) is 3.65. The Bertz CT molecular complexity index is 668. The number of nitrogen functional groups attached to an aromatic ring is 1. The van der Waals surface area contributed by atoms with Crippen molar-refractivity contribution in [3.05, 3.63) is 56.8 Å². The van der Waals surface area contributed by atoms with Gasteiger partial charge < -0.3 is 11.1 Å². The number of hydrogen-bond donors (Lipinski definition) is 2. The van der Waals surface area contributed by atoms with Gasteiger partial charge in [0.2, 0.25) is 0 Å². The van der Waals surface area contributed by atoms with E-state index in [9.17, 15) is 9.18 Å². The molecule has 0 spiro atoms. The summed E-state index contributed by atoms with van der Waals surface area (Å²) in [7, 11) is 0. The summed E-state index contributed by atoms with van der Waals surface area (Å²) >= 11 is 9.27.